The fourth-order valence-electron chi connectivity index (χ4n) is 3.37. The molecular weight excluding hydrogens is 390 g/mol. The molecule has 0 bridgehead atoms. The van der Waals surface area contributed by atoms with Crippen molar-refractivity contribution in [3.63, 3.8) is 0 Å². The van der Waals surface area contributed by atoms with Crippen LogP contribution in [0.2, 0.25) is 0 Å². The normalized spacial score (nSPS) is 15.4. The zero-order chi connectivity index (χ0) is 21.0. The van der Waals surface area contributed by atoms with Gasteiger partial charge in [0, 0.05) is 25.1 Å². The summed E-state index contributed by atoms with van der Waals surface area (Å²) in [6.45, 7) is 8.50. The summed E-state index contributed by atoms with van der Waals surface area (Å²) in [5.41, 5.74) is 0.974. The Morgan fingerprint density at radius 3 is 2.69 bits per heavy atom. The van der Waals surface area contributed by atoms with Gasteiger partial charge in [0.15, 0.2) is 16.7 Å². The predicted octanol–water partition coefficient (Wildman–Crippen LogP) is 3.33. The van der Waals surface area contributed by atoms with Crippen LogP contribution in [0.3, 0.4) is 0 Å². The molecular formula is C21H25N3O4S. The zero-order valence-corrected chi connectivity index (χ0v) is 17.7. The van der Waals surface area contributed by atoms with Crippen LogP contribution < -0.4 is 20.3 Å². The van der Waals surface area contributed by atoms with Crippen molar-refractivity contribution < 1.29 is 14.3 Å². The number of anilines is 1. The number of nitrogens with zero attached hydrogens (tertiary/aromatic N) is 2. The highest BCUT2D eigenvalue weighted by atomic mass is 32.2. The van der Waals surface area contributed by atoms with E-state index in [1.54, 1.807) is 17.7 Å². The van der Waals surface area contributed by atoms with Gasteiger partial charge >= 0.3 is 0 Å². The molecule has 1 aromatic heterocycles. The average Bonchev–Trinajstić information content (AvgIpc) is 2.70. The van der Waals surface area contributed by atoms with Crippen LogP contribution in [0.1, 0.15) is 37.3 Å². The van der Waals surface area contributed by atoms with Crippen molar-refractivity contribution in [2.45, 2.75) is 31.3 Å². The first-order chi connectivity index (χ1) is 14.0. The van der Waals surface area contributed by atoms with Crippen LogP contribution in [0.5, 0.6) is 11.5 Å². The van der Waals surface area contributed by atoms with E-state index in [2.05, 4.69) is 16.9 Å². The van der Waals surface area contributed by atoms with Gasteiger partial charge in [-0.3, -0.25) is 9.59 Å². The molecule has 2 heterocycles. The molecule has 0 aliphatic carbocycles. The van der Waals surface area contributed by atoms with Crippen molar-refractivity contribution in [3.8, 4) is 11.5 Å². The number of rotatable bonds is 8. The number of hydrogen-bond donors (Lipinski definition) is 1. The molecule has 1 amide bonds. The zero-order valence-electron chi connectivity index (χ0n) is 16.9. The Morgan fingerprint density at radius 1 is 1.28 bits per heavy atom. The SMILES string of the molecule is C=CCSc1nc(=O)c2c(n1C)NC(=O)C[C@H]2c1ccc(OCC)c(OCC)c1. The number of carbonyl (C=O) groups is 1. The van der Waals surface area contributed by atoms with Gasteiger partial charge in [-0.1, -0.05) is 23.9 Å². The summed E-state index contributed by atoms with van der Waals surface area (Å²) in [6, 6.07) is 5.55. The maximum Gasteiger partial charge on any atom is 0.279 e. The summed E-state index contributed by atoms with van der Waals surface area (Å²) in [5, 5.41) is 3.38. The molecule has 1 aromatic carbocycles. The van der Waals surface area contributed by atoms with Gasteiger partial charge in [0.2, 0.25) is 5.91 Å². The van der Waals surface area contributed by atoms with Gasteiger partial charge in [0.25, 0.3) is 5.56 Å². The van der Waals surface area contributed by atoms with Gasteiger partial charge in [-0.25, -0.2) is 0 Å². The average molecular weight is 416 g/mol. The van der Waals surface area contributed by atoms with E-state index in [0.717, 1.165) is 5.56 Å². The molecule has 1 aliphatic rings. The maximum absolute atomic E-state index is 12.9. The smallest absolute Gasteiger partial charge is 0.279 e. The summed E-state index contributed by atoms with van der Waals surface area (Å²) in [7, 11) is 1.79. The van der Waals surface area contributed by atoms with Crippen LogP contribution in [0, 0.1) is 0 Å². The molecule has 0 radical (unpaired) electrons. The summed E-state index contributed by atoms with van der Waals surface area (Å²) in [4.78, 5) is 29.6. The molecule has 7 nitrogen and oxygen atoms in total. The number of ether oxygens (including phenoxy) is 2. The second-order valence-corrected chi connectivity index (χ2v) is 7.48. The van der Waals surface area contributed by atoms with Crippen molar-refractivity contribution in [2.75, 3.05) is 24.3 Å². The molecule has 0 saturated heterocycles. The van der Waals surface area contributed by atoms with Gasteiger partial charge in [0.1, 0.15) is 5.82 Å². The van der Waals surface area contributed by atoms with E-state index in [9.17, 15) is 9.59 Å². The van der Waals surface area contributed by atoms with Crippen LogP contribution >= 0.6 is 11.8 Å². The number of fused-ring (bicyclic) bond motifs is 1. The summed E-state index contributed by atoms with van der Waals surface area (Å²) < 4.78 is 13.1. The fourth-order valence-corrected chi connectivity index (χ4v) is 4.07. The molecule has 29 heavy (non-hydrogen) atoms. The first kappa shape index (κ1) is 21.0. The molecule has 0 saturated carbocycles. The molecule has 8 heteroatoms. The van der Waals surface area contributed by atoms with E-state index in [-0.39, 0.29) is 17.9 Å². The molecule has 2 aromatic rings. The number of thioether (sulfide) groups is 1. The highest BCUT2D eigenvalue weighted by Gasteiger charge is 2.32. The lowest BCUT2D eigenvalue weighted by atomic mass is 9.86. The monoisotopic (exact) mass is 415 g/mol. The molecule has 3 rings (SSSR count). The molecule has 1 atom stereocenters. The van der Waals surface area contributed by atoms with Crippen molar-refractivity contribution in [1.29, 1.82) is 0 Å². The van der Waals surface area contributed by atoms with E-state index in [0.29, 0.717) is 47.0 Å². The summed E-state index contributed by atoms with van der Waals surface area (Å²) in [6.07, 6.45) is 1.91. The summed E-state index contributed by atoms with van der Waals surface area (Å²) in [5.74, 6) is 1.80. The third kappa shape index (κ3) is 4.32. The van der Waals surface area contributed by atoms with E-state index in [4.69, 9.17) is 9.47 Å². The van der Waals surface area contributed by atoms with Crippen LogP contribution in [0.25, 0.3) is 0 Å². The van der Waals surface area contributed by atoms with Crippen LogP contribution in [0.15, 0.2) is 40.8 Å². The molecule has 0 unspecified atom stereocenters. The standard InChI is InChI=1S/C21H25N3O4S/c1-5-10-29-21-23-20(26)18-14(12-17(25)22-19(18)24(21)4)13-8-9-15(27-6-2)16(11-13)28-7-3/h5,8-9,11,14H,1,6-7,10,12H2,2-4H3,(H,22,25)/t14-/m0/s1. The first-order valence-corrected chi connectivity index (χ1v) is 10.5. The largest absolute Gasteiger partial charge is 0.490 e. The van der Waals surface area contributed by atoms with Gasteiger partial charge in [-0.05, 0) is 31.5 Å². The van der Waals surface area contributed by atoms with E-state index >= 15 is 0 Å². The molecule has 154 valence electrons. The van der Waals surface area contributed by atoms with Crippen molar-refractivity contribution in [1.82, 2.24) is 9.55 Å². The molecule has 0 spiro atoms. The van der Waals surface area contributed by atoms with Crippen LogP contribution in [-0.2, 0) is 11.8 Å². The highest BCUT2D eigenvalue weighted by molar-refractivity contribution is 7.99. The van der Waals surface area contributed by atoms with Gasteiger partial charge in [-0.2, -0.15) is 4.98 Å². The Bertz CT molecular complexity index is 987. The third-order valence-corrected chi connectivity index (χ3v) is 5.63. The minimum atomic E-state index is -0.404. The van der Waals surface area contributed by atoms with Gasteiger partial charge in [-0.15, -0.1) is 6.58 Å². The number of amides is 1. The first-order valence-electron chi connectivity index (χ1n) is 9.54. The number of carbonyl (C=O) groups excluding carboxylic acids is 1. The van der Waals surface area contributed by atoms with E-state index < -0.39 is 5.92 Å². The second kappa shape index (κ2) is 9.17. The van der Waals surface area contributed by atoms with Crippen molar-refractivity contribution in [2.24, 2.45) is 7.05 Å². The Kier molecular flexibility index (Phi) is 6.64. The minimum absolute atomic E-state index is 0.143. The Balaban J connectivity index is 2.10. The van der Waals surface area contributed by atoms with E-state index in [1.165, 1.54) is 11.8 Å². The Hall–Kier alpha value is -2.74. The van der Waals surface area contributed by atoms with Gasteiger partial charge < -0.3 is 19.4 Å². The lowest BCUT2D eigenvalue weighted by Gasteiger charge is -2.28. The topological polar surface area (TPSA) is 82.5 Å². The quantitative estimate of drug-likeness (QED) is 0.405. The van der Waals surface area contributed by atoms with Crippen molar-refractivity contribution in [3.05, 3.63) is 52.3 Å². The molecule has 0 fully saturated rings. The van der Waals surface area contributed by atoms with Crippen LogP contribution in [0.4, 0.5) is 5.82 Å². The number of benzene rings is 1. The summed E-state index contributed by atoms with van der Waals surface area (Å²) >= 11 is 1.39. The molecule has 1 aliphatic heterocycles. The van der Waals surface area contributed by atoms with Crippen molar-refractivity contribution >= 4 is 23.5 Å². The lowest BCUT2D eigenvalue weighted by molar-refractivity contribution is -0.116. The number of aromatic nitrogens is 2. The molecule has 1 N–H and O–H groups in total. The number of nitrogens with one attached hydrogen (secondary N) is 1. The second-order valence-electron chi connectivity index (χ2n) is 6.50. The van der Waals surface area contributed by atoms with Crippen LogP contribution in [-0.4, -0.2) is 34.4 Å². The van der Waals surface area contributed by atoms with Gasteiger partial charge in [0.05, 0.1) is 18.8 Å². The minimum Gasteiger partial charge on any atom is -0.490 e. The Labute approximate surface area is 174 Å². The maximum atomic E-state index is 12.9. The lowest BCUT2D eigenvalue weighted by Crippen LogP contribution is -2.33. The predicted molar refractivity (Wildman–Crippen MR) is 114 cm³/mol. The van der Waals surface area contributed by atoms with E-state index in [1.807, 2.05) is 32.0 Å². The third-order valence-electron chi connectivity index (χ3n) is 4.60. The Morgan fingerprint density at radius 2 is 2.00 bits per heavy atom. The number of hydrogen-bond acceptors (Lipinski definition) is 6. The highest BCUT2D eigenvalue weighted by Crippen LogP contribution is 2.39. The fraction of sp³-hybridized carbons (Fsp3) is 0.381.